The van der Waals surface area contributed by atoms with Crippen LogP contribution in [-0.4, -0.2) is 84.6 Å². The Kier molecular flexibility index (Phi) is 12.2. The van der Waals surface area contributed by atoms with Gasteiger partial charge < -0.3 is 20.7 Å². The number of carbonyl (C=O) groups is 6. The number of rotatable bonds is 15. The zero-order valence-electron chi connectivity index (χ0n) is 36.4. The Morgan fingerprint density at radius 2 is 1.75 bits per heavy atom. The van der Waals surface area contributed by atoms with Gasteiger partial charge in [-0.1, -0.05) is 41.6 Å². The van der Waals surface area contributed by atoms with Crippen LogP contribution in [0.4, 0.5) is 28.9 Å². The number of aryl methyl sites for hydroxylation is 1. The van der Waals surface area contributed by atoms with E-state index in [-0.39, 0.29) is 88.4 Å². The molecule has 2 fully saturated rings. The standard InChI is InChI=1S/C48H43F4N9O7/c1-47(17-7-10-31-40(47)46(67)61(45(31)66)38-15-16-39(62)57-44(38)65)68-25-29-24-60(59-58-29)19-6-5-18-53-42(63)30-14-11-26(20-36(30)49)32-21-33-37(22-35(32)48(50,51)52)54-23-34(43(64)56-28-12-13-28)41(33)55-27-8-3-2-4-9-27/h2-4,7-11,14,20-24,28,38H,5-6,12-13,15-19,25H2,1H3,(H,53,63)(H,54,55)(H,56,64)(H,57,62,65). The predicted molar refractivity (Wildman–Crippen MR) is 236 cm³/mol. The van der Waals surface area contributed by atoms with Crippen LogP contribution in [0.15, 0.2) is 96.4 Å². The first-order valence-electron chi connectivity index (χ1n) is 22.0. The molecule has 0 radical (unpaired) electrons. The summed E-state index contributed by atoms with van der Waals surface area (Å²) >= 11 is 0. The van der Waals surface area contributed by atoms with E-state index in [1.54, 1.807) is 54.2 Å². The number of unbranched alkanes of at least 4 members (excludes halogenated alkanes) is 1. The van der Waals surface area contributed by atoms with Crippen molar-refractivity contribution in [2.24, 2.45) is 0 Å². The van der Waals surface area contributed by atoms with Crippen LogP contribution in [0.1, 0.15) is 83.8 Å². The minimum absolute atomic E-state index is 0.00257. The Morgan fingerprint density at radius 1 is 0.956 bits per heavy atom. The maximum Gasteiger partial charge on any atom is 0.417 e. The molecule has 5 aromatic rings. The van der Waals surface area contributed by atoms with Crippen LogP contribution in [0, 0.1) is 5.82 Å². The molecule has 9 rings (SSSR count). The van der Waals surface area contributed by atoms with Gasteiger partial charge in [-0.3, -0.25) is 48.6 Å². The van der Waals surface area contributed by atoms with E-state index in [2.05, 4.69) is 36.6 Å². The topological polar surface area (TPSA) is 207 Å². The largest absolute Gasteiger partial charge is 0.417 e. The van der Waals surface area contributed by atoms with Crippen LogP contribution in [0.25, 0.3) is 22.0 Å². The summed E-state index contributed by atoms with van der Waals surface area (Å²) in [5.74, 6) is -4.71. The molecule has 0 spiro atoms. The number of ether oxygens (including phenoxy) is 1. The Morgan fingerprint density at radius 3 is 2.49 bits per heavy atom. The van der Waals surface area contributed by atoms with Gasteiger partial charge in [-0.2, -0.15) is 13.2 Å². The summed E-state index contributed by atoms with van der Waals surface area (Å²) in [6.07, 6.45) is 4.13. The molecular weight excluding hydrogens is 891 g/mol. The number of nitrogens with zero attached hydrogens (tertiary/aromatic N) is 5. The number of anilines is 2. The molecule has 1 saturated heterocycles. The number of benzene rings is 3. The van der Waals surface area contributed by atoms with Crippen molar-refractivity contribution in [1.29, 1.82) is 0 Å². The highest BCUT2D eigenvalue weighted by Crippen LogP contribution is 2.43. The number of imide groups is 2. The minimum atomic E-state index is -4.87. The second kappa shape index (κ2) is 18.2. The Hall–Kier alpha value is -7.61. The van der Waals surface area contributed by atoms with Crippen molar-refractivity contribution in [2.45, 2.75) is 88.9 Å². The molecule has 1 saturated carbocycles. The third-order valence-electron chi connectivity index (χ3n) is 12.3. The smallest absolute Gasteiger partial charge is 0.364 e. The van der Waals surface area contributed by atoms with E-state index in [4.69, 9.17) is 4.74 Å². The lowest BCUT2D eigenvalue weighted by atomic mass is 9.85. The first-order valence-corrected chi connectivity index (χ1v) is 22.0. The number of amides is 6. The van der Waals surface area contributed by atoms with Crippen LogP contribution >= 0.6 is 0 Å². The molecule has 2 aromatic heterocycles. The molecule has 0 bridgehead atoms. The number of hydrogen-bond donors (Lipinski definition) is 4. The maximum atomic E-state index is 15.7. The number of halogens is 4. The van der Waals surface area contributed by atoms with Crippen LogP contribution in [0.5, 0.6) is 0 Å². The number of fused-ring (bicyclic) bond motifs is 1. The first kappa shape index (κ1) is 45.5. The Labute approximate surface area is 385 Å². The molecule has 4 heterocycles. The second-order valence-electron chi connectivity index (χ2n) is 17.2. The number of pyridine rings is 1. The lowest BCUT2D eigenvalue weighted by molar-refractivity contribution is -0.150. The lowest BCUT2D eigenvalue weighted by Gasteiger charge is -2.32. The summed E-state index contributed by atoms with van der Waals surface area (Å²) in [6, 6.07) is 13.0. The van der Waals surface area contributed by atoms with E-state index in [9.17, 15) is 41.9 Å². The summed E-state index contributed by atoms with van der Waals surface area (Å²) in [5, 5.41) is 19.4. The van der Waals surface area contributed by atoms with E-state index in [0.29, 0.717) is 30.8 Å². The van der Waals surface area contributed by atoms with Gasteiger partial charge in [0, 0.05) is 42.8 Å². The van der Waals surface area contributed by atoms with Gasteiger partial charge in [0.1, 0.15) is 23.2 Å². The fourth-order valence-electron chi connectivity index (χ4n) is 8.56. The molecule has 68 heavy (non-hydrogen) atoms. The van der Waals surface area contributed by atoms with Crippen molar-refractivity contribution in [1.82, 2.24) is 40.8 Å². The summed E-state index contributed by atoms with van der Waals surface area (Å²) in [5.41, 5.74) is -1.62. The third-order valence-corrected chi connectivity index (χ3v) is 12.3. The average Bonchev–Trinajstić information content (AvgIpc) is 3.94. The number of nitrogens with one attached hydrogen (secondary N) is 4. The maximum absolute atomic E-state index is 15.7. The summed E-state index contributed by atoms with van der Waals surface area (Å²) in [7, 11) is 0. The lowest BCUT2D eigenvalue weighted by Crippen LogP contribution is -2.55. The summed E-state index contributed by atoms with van der Waals surface area (Å²) in [4.78, 5) is 82.7. The van der Waals surface area contributed by atoms with Crippen LogP contribution in [-0.2, 0) is 43.2 Å². The fraction of sp³-hybridized carbons (Fsp3) is 0.312. The van der Waals surface area contributed by atoms with Gasteiger partial charge in [0.25, 0.3) is 23.6 Å². The van der Waals surface area contributed by atoms with E-state index < -0.39 is 64.6 Å². The zero-order chi connectivity index (χ0) is 47.9. The highest BCUT2D eigenvalue weighted by Gasteiger charge is 2.52. The Balaban J connectivity index is 0.821. The third kappa shape index (κ3) is 9.22. The number of alkyl halides is 3. The molecule has 16 nitrogen and oxygen atoms in total. The van der Waals surface area contributed by atoms with Gasteiger partial charge >= 0.3 is 6.18 Å². The molecule has 2 unspecified atom stereocenters. The van der Waals surface area contributed by atoms with E-state index in [1.807, 2.05) is 0 Å². The van der Waals surface area contributed by atoms with Gasteiger partial charge in [0.15, 0.2) is 0 Å². The number of hydrogen-bond acceptors (Lipinski definition) is 11. The van der Waals surface area contributed by atoms with Crippen molar-refractivity contribution in [3.63, 3.8) is 0 Å². The van der Waals surface area contributed by atoms with E-state index in [1.165, 1.54) is 24.4 Å². The average molecular weight is 934 g/mol. The molecule has 20 heteroatoms. The van der Waals surface area contributed by atoms with Gasteiger partial charge in [-0.25, -0.2) is 4.39 Å². The number of para-hydroxylation sites is 1. The molecule has 3 aromatic carbocycles. The van der Waals surface area contributed by atoms with Gasteiger partial charge in [0.05, 0.1) is 51.8 Å². The predicted octanol–water partition coefficient (Wildman–Crippen LogP) is 6.20. The zero-order valence-corrected chi connectivity index (χ0v) is 36.4. The monoisotopic (exact) mass is 933 g/mol. The molecule has 4 N–H and O–H groups in total. The molecule has 4 aliphatic rings. The number of aromatic nitrogens is 4. The van der Waals surface area contributed by atoms with Gasteiger partial charge in [-0.15, -0.1) is 5.10 Å². The summed E-state index contributed by atoms with van der Waals surface area (Å²) in [6.45, 7) is 2.13. The molecule has 2 aliphatic carbocycles. The van der Waals surface area contributed by atoms with Gasteiger partial charge in [0.2, 0.25) is 11.8 Å². The minimum Gasteiger partial charge on any atom is -0.364 e. The summed E-state index contributed by atoms with van der Waals surface area (Å²) < 4.78 is 67.3. The van der Waals surface area contributed by atoms with E-state index >= 15 is 4.39 Å². The van der Waals surface area contributed by atoms with Crippen molar-refractivity contribution in [3.05, 3.63) is 125 Å². The normalized spacial score (nSPS) is 19.4. The molecule has 2 aliphatic heterocycles. The van der Waals surface area contributed by atoms with Crippen LogP contribution in [0.3, 0.4) is 0 Å². The Bertz CT molecular complexity index is 2970. The van der Waals surface area contributed by atoms with Crippen molar-refractivity contribution in [3.8, 4) is 11.1 Å². The van der Waals surface area contributed by atoms with E-state index in [0.717, 1.165) is 35.9 Å². The SMILES string of the molecule is CC1(OCc2cn(CCCCNC(=O)c3ccc(-c4cc5c(Nc6ccccc6)c(C(=O)NC6CC6)cnc5cc4C(F)(F)F)cc3F)nn2)CC=CC2=C1C(=O)N(C1CCC(=O)NC1=O)C2=O. The fourth-order valence-corrected chi connectivity index (χ4v) is 8.56. The molecule has 350 valence electrons. The highest BCUT2D eigenvalue weighted by atomic mass is 19.4. The number of carbonyl (C=O) groups excluding carboxylic acids is 6. The van der Waals surface area contributed by atoms with Crippen molar-refractivity contribution < 1.29 is 51.1 Å². The quantitative estimate of drug-likeness (QED) is 0.0528. The first-order chi connectivity index (χ1) is 32.6. The van der Waals surface area contributed by atoms with Crippen LogP contribution in [0.2, 0.25) is 0 Å². The van der Waals surface area contributed by atoms with Crippen LogP contribution < -0.4 is 21.3 Å². The highest BCUT2D eigenvalue weighted by molar-refractivity contribution is 6.24. The van der Waals surface area contributed by atoms with Gasteiger partial charge in [-0.05, 0) is 93.0 Å². The van der Waals surface area contributed by atoms with Crippen molar-refractivity contribution >= 4 is 57.7 Å². The second-order valence-corrected chi connectivity index (χ2v) is 17.2. The molecule has 2 atom stereocenters. The molecule has 6 amide bonds. The van der Waals surface area contributed by atoms with Crippen molar-refractivity contribution in [2.75, 3.05) is 11.9 Å². The number of piperidine rings is 1. The molecular formula is C48H43F4N9O7.